The van der Waals surface area contributed by atoms with Crippen LogP contribution >= 0.6 is 0 Å². The molecular weight excluding hydrogens is 252 g/mol. The SMILES string of the molecule is OCC(O)C(O)C(O)C(O)(CO)C(O)C(O)CO. The fourth-order valence-electron chi connectivity index (χ4n) is 1.41. The van der Waals surface area contributed by atoms with Crippen molar-refractivity contribution in [2.75, 3.05) is 19.8 Å². The van der Waals surface area contributed by atoms with Crippen LogP contribution in [0, 0.1) is 0 Å². The van der Waals surface area contributed by atoms with Gasteiger partial charge in [-0.2, -0.15) is 0 Å². The van der Waals surface area contributed by atoms with E-state index in [0.29, 0.717) is 0 Å². The van der Waals surface area contributed by atoms with E-state index in [2.05, 4.69) is 0 Å². The number of hydrogen-bond donors (Lipinski definition) is 9. The number of aliphatic hydroxyl groups is 9. The van der Waals surface area contributed by atoms with Gasteiger partial charge in [-0.05, 0) is 0 Å². The van der Waals surface area contributed by atoms with Crippen LogP contribution in [0.1, 0.15) is 0 Å². The van der Waals surface area contributed by atoms with Gasteiger partial charge in [0, 0.05) is 0 Å². The lowest BCUT2D eigenvalue weighted by Crippen LogP contribution is -2.64. The van der Waals surface area contributed by atoms with Gasteiger partial charge in [-0.3, -0.25) is 0 Å². The molecule has 9 nitrogen and oxygen atoms in total. The summed E-state index contributed by atoms with van der Waals surface area (Å²) in [5.41, 5.74) is -2.78. The molecule has 0 aromatic carbocycles. The van der Waals surface area contributed by atoms with Crippen molar-refractivity contribution in [1.82, 2.24) is 0 Å². The van der Waals surface area contributed by atoms with Gasteiger partial charge in [0.15, 0.2) is 0 Å². The fraction of sp³-hybridized carbons (Fsp3) is 1.00. The molecule has 0 bridgehead atoms. The molecule has 0 radical (unpaired) electrons. The van der Waals surface area contributed by atoms with Crippen LogP contribution in [0.4, 0.5) is 0 Å². The van der Waals surface area contributed by atoms with Gasteiger partial charge in [-0.25, -0.2) is 0 Å². The average Bonchev–Trinajstić information content (AvgIpc) is 2.41. The minimum Gasteiger partial charge on any atom is -0.394 e. The van der Waals surface area contributed by atoms with Gasteiger partial charge in [-0.1, -0.05) is 0 Å². The van der Waals surface area contributed by atoms with Crippen LogP contribution in [0.15, 0.2) is 0 Å². The van der Waals surface area contributed by atoms with Crippen LogP contribution in [0.2, 0.25) is 0 Å². The minimum atomic E-state index is -2.78. The predicted octanol–water partition coefficient (Wildman–Crippen LogP) is -5.50. The normalized spacial score (nSPS) is 23.8. The second-order valence-electron chi connectivity index (χ2n) is 4.03. The van der Waals surface area contributed by atoms with E-state index in [0.717, 1.165) is 0 Å². The zero-order valence-electron chi connectivity index (χ0n) is 9.53. The van der Waals surface area contributed by atoms with E-state index in [4.69, 9.17) is 25.5 Å². The molecule has 0 aliphatic rings. The first-order valence-electron chi connectivity index (χ1n) is 5.21. The molecule has 0 saturated heterocycles. The van der Waals surface area contributed by atoms with Gasteiger partial charge in [0.25, 0.3) is 0 Å². The Morgan fingerprint density at radius 1 is 0.722 bits per heavy atom. The van der Waals surface area contributed by atoms with E-state index in [-0.39, 0.29) is 0 Å². The number of aliphatic hydroxyl groups excluding tert-OH is 8. The number of hydrogen-bond acceptors (Lipinski definition) is 9. The molecule has 0 saturated carbocycles. The molecule has 110 valence electrons. The molecule has 0 aliphatic heterocycles. The van der Waals surface area contributed by atoms with Crippen LogP contribution in [0.25, 0.3) is 0 Å². The summed E-state index contributed by atoms with van der Waals surface area (Å²) in [5, 5.41) is 82.6. The van der Waals surface area contributed by atoms with E-state index in [9.17, 15) is 20.4 Å². The van der Waals surface area contributed by atoms with E-state index in [1.165, 1.54) is 0 Å². The first-order valence-corrected chi connectivity index (χ1v) is 5.21. The molecular formula is C9H20O9. The van der Waals surface area contributed by atoms with Crippen molar-refractivity contribution in [3.8, 4) is 0 Å². The maximum Gasteiger partial charge on any atom is 0.144 e. The monoisotopic (exact) mass is 272 g/mol. The molecule has 0 spiro atoms. The van der Waals surface area contributed by atoms with E-state index in [1.807, 2.05) is 0 Å². The van der Waals surface area contributed by atoms with Crippen molar-refractivity contribution >= 4 is 0 Å². The Labute approximate surface area is 103 Å². The lowest BCUT2D eigenvalue weighted by Gasteiger charge is -2.39. The summed E-state index contributed by atoms with van der Waals surface area (Å²) in [5.74, 6) is 0. The Morgan fingerprint density at radius 3 is 1.50 bits per heavy atom. The third-order valence-electron chi connectivity index (χ3n) is 2.73. The Morgan fingerprint density at radius 2 is 1.17 bits per heavy atom. The molecule has 9 heteroatoms. The van der Waals surface area contributed by atoms with E-state index >= 15 is 0 Å². The molecule has 0 heterocycles. The van der Waals surface area contributed by atoms with Crippen molar-refractivity contribution in [2.45, 2.75) is 36.1 Å². The lowest BCUT2D eigenvalue weighted by atomic mass is 9.83. The van der Waals surface area contributed by atoms with Crippen molar-refractivity contribution in [1.29, 1.82) is 0 Å². The highest BCUT2D eigenvalue weighted by atomic mass is 16.4. The molecule has 0 aromatic rings. The standard InChI is InChI=1S/C9H20O9/c10-1-4(13)6(15)8(17)9(18,3-12)7(16)5(14)2-11/h4-8,10-18H,1-3H2. The van der Waals surface area contributed by atoms with Crippen LogP contribution in [0.5, 0.6) is 0 Å². The summed E-state index contributed by atoms with van der Waals surface area (Å²) in [6, 6.07) is 0. The van der Waals surface area contributed by atoms with Crippen LogP contribution < -0.4 is 0 Å². The summed E-state index contributed by atoms with van der Waals surface area (Å²) >= 11 is 0. The quantitative estimate of drug-likeness (QED) is 0.208. The maximum atomic E-state index is 9.80. The van der Waals surface area contributed by atoms with Crippen LogP contribution in [-0.4, -0.2) is 102 Å². The molecule has 0 aliphatic carbocycles. The lowest BCUT2D eigenvalue weighted by molar-refractivity contribution is -0.229. The van der Waals surface area contributed by atoms with Crippen LogP contribution in [-0.2, 0) is 0 Å². The second-order valence-corrected chi connectivity index (χ2v) is 4.03. The molecule has 6 unspecified atom stereocenters. The molecule has 0 amide bonds. The maximum absolute atomic E-state index is 9.80. The Balaban J connectivity index is 5.02. The van der Waals surface area contributed by atoms with Gasteiger partial charge in [-0.15, -0.1) is 0 Å². The summed E-state index contributed by atoms with van der Waals surface area (Å²) in [6.07, 6.45) is -10.2. The molecule has 0 fully saturated rings. The van der Waals surface area contributed by atoms with Gasteiger partial charge < -0.3 is 46.0 Å². The zero-order valence-corrected chi connectivity index (χ0v) is 9.53. The first kappa shape index (κ1) is 17.6. The molecule has 0 rings (SSSR count). The largest absolute Gasteiger partial charge is 0.394 e. The van der Waals surface area contributed by atoms with Gasteiger partial charge in [0.2, 0.25) is 0 Å². The average molecular weight is 272 g/mol. The summed E-state index contributed by atoms with van der Waals surface area (Å²) in [4.78, 5) is 0. The first-order chi connectivity index (χ1) is 8.26. The van der Waals surface area contributed by atoms with Crippen LogP contribution in [0.3, 0.4) is 0 Å². The van der Waals surface area contributed by atoms with Crippen molar-refractivity contribution in [2.24, 2.45) is 0 Å². The Bertz CT molecular complexity index is 238. The van der Waals surface area contributed by atoms with Crippen molar-refractivity contribution < 1.29 is 46.0 Å². The zero-order chi connectivity index (χ0) is 14.5. The van der Waals surface area contributed by atoms with Gasteiger partial charge in [0.1, 0.15) is 36.1 Å². The highest BCUT2D eigenvalue weighted by Gasteiger charge is 2.49. The summed E-state index contributed by atoms with van der Waals surface area (Å²) in [7, 11) is 0. The molecule has 6 atom stereocenters. The molecule has 18 heavy (non-hydrogen) atoms. The predicted molar refractivity (Wildman–Crippen MR) is 56.2 cm³/mol. The third-order valence-corrected chi connectivity index (χ3v) is 2.73. The topological polar surface area (TPSA) is 182 Å². The highest BCUT2D eigenvalue weighted by Crippen LogP contribution is 2.22. The Hall–Kier alpha value is -0.360. The fourth-order valence-corrected chi connectivity index (χ4v) is 1.41. The van der Waals surface area contributed by atoms with E-state index in [1.54, 1.807) is 0 Å². The number of rotatable bonds is 8. The van der Waals surface area contributed by atoms with E-state index < -0.39 is 55.9 Å². The van der Waals surface area contributed by atoms with Crippen molar-refractivity contribution in [3.05, 3.63) is 0 Å². The van der Waals surface area contributed by atoms with Gasteiger partial charge >= 0.3 is 0 Å². The second kappa shape index (κ2) is 7.28. The highest BCUT2D eigenvalue weighted by molar-refractivity contribution is 5.00. The summed E-state index contributed by atoms with van der Waals surface area (Å²) < 4.78 is 0. The summed E-state index contributed by atoms with van der Waals surface area (Å²) in [6.45, 7) is -3.16. The van der Waals surface area contributed by atoms with Gasteiger partial charge in [0.05, 0.1) is 19.8 Å². The third kappa shape index (κ3) is 3.57. The molecule has 9 N–H and O–H groups in total. The smallest absolute Gasteiger partial charge is 0.144 e. The van der Waals surface area contributed by atoms with Crippen molar-refractivity contribution in [3.63, 3.8) is 0 Å². The molecule has 0 aromatic heterocycles. The Kier molecular flexibility index (Phi) is 7.14. The minimum absolute atomic E-state index is 0.932.